The molecule has 1 aromatic rings. The van der Waals surface area contributed by atoms with Gasteiger partial charge in [-0.05, 0) is 24.1 Å². The first-order valence-electron chi connectivity index (χ1n) is 4.75. The maximum atomic E-state index is 11.7. The Morgan fingerprint density at radius 2 is 2.19 bits per heavy atom. The van der Waals surface area contributed by atoms with Crippen LogP contribution in [0.4, 0.5) is 5.69 Å². The van der Waals surface area contributed by atoms with Crippen LogP contribution < -0.4 is 4.72 Å². The van der Waals surface area contributed by atoms with Gasteiger partial charge < -0.3 is 0 Å². The number of nitrogens with one attached hydrogen (secondary N) is 1. The smallest absolute Gasteiger partial charge is 0.233 e. The van der Waals surface area contributed by atoms with E-state index in [2.05, 4.69) is 20.7 Å². The minimum absolute atomic E-state index is 0.0308. The normalized spacial score (nSPS) is 13.4. The molecule has 1 rings (SSSR count). The van der Waals surface area contributed by atoms with Gasteiger partial charge in [-0.25, -0.2) is 8.42 Å². The molecule has 90 valence electrons. The number of alkyl halides is 1. The zero-order valence-electron chi connectivity index (χ0n) is 8.78. The molecule has 0 aliphatic heterocycles. The van der Waals surface area contributed by atoms with Gasteiger partial charge in [-0.15, -0.1) is 11.6 Å². The summed E-state index contributed by atoms with van der Waals surface area (Å²) in [7, 11) is -3.32. The van der Waals surface area contributed by atoms with Crippen LogP contribution in [0.15, 0.2) is 28.7 Å². The zero-order valence-corrected chi connectivity index (χ0v) is 11.9. The molecular formula is C10H13BrClNO2S. The molecule has 1 N–H and O–H groups in total. The minimum atomic E-state index is -3.32. The second-order valence-corrected chi connectivity index (χ2v) is 6.64. The van der Waals surface area contributed by atoms with Crippen molar-refractivity contribution in [3.05, 3.63) is 28.7 Å². The van der Waals surface area contributed by atoms with Crippen LogP contribution in [0.2, 0.25) is 0 Å². The highest BCUT2D eigenvalue weighted by atomic mass is 79.9. The molecule has 0 amide bonds. The highest BCUT2D eigenvalue weighted by molar-refractivity contribution is 9.10. The van der Waals surface area contributed by atoms with Gasteiger partial charge in [0, 0.05) is 16.0 Å². The van der Waals surface area contributed by atoms with Crippen molar-refractivity contribution in [2.24, 2.45) is 5.92 Å². The van der Waals surface area contributed by atoms with Crippen molar-refractivity contribution in [1.82, 2.24) is 0 Å². The van der Waals surface area contributed by atoms with E-state index in [4.69, 9.17) is 11.6 Å². The van der Waals surface area contributed by atoms with Crippen molar-refractivity contribution in [2.75, 3.05) is 16.4 Å². The summed E-state index contributed by atoms with van der Waals surface area (Å²) in [4.78, 5) is 0. The number of hydrogen-bond donors (Lipinski definition) is 1. The van der Waals surface area contributed by atoms with E-state index in [-0.39, 0.29) is 11.7 Å². The summed E-state index contributed by atoms with van der Waals surface area (Å²) < 4.78 is 26.7. The average molecular weight is 327 g/mol. The Morgan fingerprint density at radius 3 is 2.75 bits per heavy atom. The second-order valence-electron chi connectivity index (χ2n) is 3.65. The first-order chi connectivity index (χ1) is 7.43. The molecule has 0 spiro atoms. The molecule has 0 aromatic heterocycles. The lowest BCUT2D eigenvalue weighted by molar-refractivity contribution is 0.588. The lowest BCUT2D eigenvalue weighted by atomic mass is 10.3. The highest BCUT2D eigenvalue weighted by Crippen LogP contribution is 2.17. The van der Waals surface area contributed by atoms with Gasteiger partial charge in [0.1, 0.15) is 0 Å². The van der Waals surface area contributed by atoms with Gasteiger partial charge >= 0.3 is 0 Å². The van der Waals surface area contributed by atoms with Crippen molar-refractivity contribution < 1.29 is 8.42 Å². The Bertz CT molecular complexity index is 450. The zero-order chi connectivity index (χ0) is 12.2. The van der Waals surface area contributed by atoms with E-state index in [9.17, 15) is 8.42 Å². The summed E-state index contributed by atoms with van der Waals surface area (Å²) in [5, 5.41) is 0. The molecule has 0 bridgehead atoms. The van der Waals surface area contributed by atoms with Crippen LogP contribution in [0.1, 0.15) is 6.92 Å². The Labute approximate surface area is 109 Å². The molecule has 1 unspecified atom stereocenters. The molecule has 6 heteroatoms. The van der Waals surface area contributed by atoms with E-state index in [1.807, 2.05) is 6.07 Å². The molecule has 0 saturated heterocycles. The van der Waals surface area contributed by atoms with Crippen molar-refractivity contribution in [2.45, 2.75) is 6.92 Å². The fourth-order valence-electron chi connectivity index (χ4n) is 1.19. The predicted molar refractivity (Wildman–Crippen MR) is 71.4 cm³/mol. The summed E-state index contributed by atoms with van der Waals surface area (Å²) in [6, 6.07) is 7.02. The monoisotopic (exact) mass is 325 g/mol. The standard InChI is InChI=1S/C10H13BrClNO2S/c1-8(6-12)7-16(14,15)13-10-4-2-3-9(11)5-10/h2-5,8,13H,6-7H2,1H3. The summed E-state index contributed by atoms with van der Waals surface area (Å²) in [5.74, 6) is 0.300. The van der Waals surface area contributed by atoms with Crippen LogP contribution in [0, 0.1) is 5.92 Å². The van der Waals surface area contributed by atoms with E-state index in [0.717, 1.165) is 4.47 Å². The van der Waals surface area contributed by atoms with Crippen LogP contribution in [-0.4, -0.2) is 20.1 Å². The molecule has 0 fully saturated rings. The Balaban J connectivity index is 2.73. The summed E-state index contributed by atoms with van der Waals surface area (Å²) in [5.41, 5.74) is 0.552. The van der Waals surface area contributed by atoms with Crippen molar-refractivity contribution in [3.8, 4) is 0 Å². The van der Waals surface area contributed by atoms with Gasteiger partial charge in [-0.3, -0.25) is 4.72 Å². The fraction of sp³-hybridized carbons (Fsp3) is 0.400. The largest absolute Gasteiger partial charge is 0.284 e. The van der Waals surface area contributed by atoms with Gasteiger partial charge in [-0.1, -0.05) is 28.9 Å². The molecule has 0 aliphatic rings. The van der Waals surface area contributed by atoms with Crippen LogP contribution >= 0.6 is 27.5 Å². The first kappa shape index (κ1) is 13.8. The van der Waals surface area contributed by atoms with Crippen LogP contribution in [0.25, 0.3) is 0 Å². The maximum absolute atomic E-state index is 11.7. The quantitative estimate of drug-likeness (QED) is 0.845. The maximum Gasteiger partial charge on any atom is 0.233 e. The van der Waals surface area contributed by atoms with E-state index in [0.29, 0.717) is 11.6 Å². The van der Waals surface area contributed by atoms with Crippen LogP contribution in [0.5, 0.6) is 0 Å². The number of sulfonamides is 1. The van der Waals surface area contributed by atoms with Crippen LogP contribution in [-0.2, 0) is 10.0 Å². The van der Waals surface area contributed by atoms with E-state index >= 15 is 0 Å². The number of benzene rings is 1. The predicted octanol–water partition coefficient (Wildman–Crippen LogP) is 3.07. The number of halogens is 2. The van der Waals surface area contributed by atoms with Gasteiger partial charge in [0.15, 0.2) is 0 Å². The summed E-state index contributed by atoms with van der Waals surface area (Å²) in [6.45, 7) is 1.80. The number of hydrogen-bond acceptors (Lipinski definition) is 2. The fourth-order valence-corrected chi connectivity index (χ4v) is 3.27. The van der Waals surface area contributed by atoms with Gasteiger partial charge in [0.25, 0.3) is 0 Å². The third kappa shape index (κ3) is 4.72. The Hall–Kier alpha value is -0.260. The van der Waals surface area contributed by atoms with Gasteiger partial charge in [0.2, 0.25) is 10.0 Å². The molecule has 16 heavy (non-hydrogen) atoms. The first-order valence-corrected chi connectivity index (χ1v) is 7.73. The molecule has 0 saturated carbocycles. The van der Waals surface area contributed by atoms with E-state index < -0.39 is 10.0 Å². The average Bonchev–Trinajstić information content (AvgIpc) is 2.15. The molecule has 0 aliphatic carbocycles. The molecule has 1 atom stereocenters. The number of rotatable bonds is 5. The van der Waals surface area contributed by atoms with Crippen molar-refractivity contribution in [3.63, 3.8) is 0 Å². The topological polar surface area (TPSA) is 46.2 Å². The van der Waals surface area contributed by atoms with Crippen LogP contribution in [0.3, 0.4) is 0 Å². The third-order valence-corrected chi connectivity index (χ3v) is 4.44. The molecule has 3 nitrogen and oxygen atoms in total. The van der Waals surface area contributed by atoms with E-state index in [1.54, 1.807) is 25.1 Å². The Kier molecular flexibility index (Phi) is 5.08. The highest BCUT2D eigenvalue weighted by Gasteiger charge is 2.14. The van der Waals surface area contributed by atoms with Crippen molar-refractivity contribution in [1.29, 1.82) is 0 Å². The lowest BCUT2D eigenvalue weighted by Gasteiger charge is -2.11. The summed E-state index contributed by atoms with van der Waals surface area (Å²) in [6.07, 6.45) is 0. The minimum Gasteiger partial charge on any atom is -0.284 e. The second kappa shape index (κ2) is 5.89. The third-order valence-electron chi connectivity index (χ3n) is 1.87. The molecule has 0 heterocycles. The number of anilines is 1. The van der Waals surface area contributed by atoms with E-state index in [1.165, 1.54) is 0 Å². The SMILES string of the molecule is CC(CCl)CS(=O)(=O)Nc1cccc(Br)c1. The molecule has 0 radical (unpaired) electrons. The molecular weight excluding hydrogens is 314 g/mol. The van der Waals surface area contributed by atoms with Gasteiger partial charge in [0.05, 0.1) is 5.75 Å². The molecule has 1 aromatic carbocycles. The van der Waals surface area contributed by atoms with Crippen molar-refractivity contribution >= 4 is 43.2 Å². The summed E-state index contributed by atoms with van der Waals surface area (Å²) >= 11 is 8.86. The van der Waals surface area contributed by atoms with Gasteiger partial charge in [-0.2, -0.15) is 0 Å². The lowest BCUT2D eigenvalue weighted by Crippen LogP contribution is -2.22. The Morgan fingerprint density at radius 1 is 1.50 bits per heavy atom.